The van der Waals surface area contributed by atoms with Gasteiger partial charge in [-0.2, -0.15) is 4.98 Å². The first kappa shape index (κ1) is 21.5. The minimum atomic E-state index is -3.33. The second kappa shape index (κ2) is 9.21. The predicted molar refractivity (Wildman–Crippen MR) is 127 cm³/mol. The number of methoxy groups -OCH3 is 1. The van der Waals surface area contributed by atoms with Crippen molar-refractivity contribution >= 4 is 44.1 Å². The molecule has 0 aliphatic rings. The van der Waals surface area contributed by atoms with E-state index in [1.165, 1.54) is 7.05 Å². The Morgan fingerprint density at radius 3 is 2.25 bits per heavy atom. The molecule has 1 heterocycles. The van der Waals surface area contributed by atoms with Gasteiger partial charge >= 0.3 is 0 Å². The van der Waals surface area contributed by atoms with Crippen LogP contribution in [0.2, 0.25) is 0 Å². The number of anilines is 4. The molecule has 0 fully saturated rings. The molecular formula is C23H23N5O3S. The fourth-order valence-corrected chi connectivity index (χ4v) is 3.98. The summed E-state index contributed by atoms with van der Waals surface area (Å²) in [7, 11) is -0.325. The summed E-state index contributed by atoms with van der Waals surface area (Å²) in [5.74, 6) is 1.57. The molecule has 0 atom stereocenters. The highest BCUT2D eigenvalue weighted by molar-refractivity contribution is 7.88. The molecule has 3 aromatic carbocycles. The van der Waals surface area contributed by atoms with Gasteiger partial charge in [0, 0.05) is 16.8 Å². The molecule has 0 unspecified atom stereocenters. The summed E-state index contributed by atoms with van der Waals surface area (Å²) in [4.78, 5) is 9.31. The molecule has 164 valence electrons. The molecular weight excluding hydrogens is 426 g/mol. The van der Waals surface area contributed by atoms with Crippen LogP contribution in [0, 0.1) is 0 Å². The van der Waals surface area contributed by atoms with Crippen molar-refractivity contribution in [3.8, 4) is 5.75 Å². The van der Waals surface area contributed by atoms with Crippen LogP contribution in [0.25, 0.3) is 10.9 Å². The van der Waals surface area contributed by atoms with Gasteiger partial charge in [-0.3, -0.25) is 0 Å². The molecule has 0 saturated heterocycles. The first-order valence-electron chi connectivity index (χ1n) is 9.91. The van der Waals surface area contributed by atoms with Gasteiger partial charge in [0.25, 0.3) is 0 Å². The second-order valence-electron chi connectivity index (χ2n) is 7.03. The Morgan fingerprint density at radius 1 is 0.844 bits per heavy atom. The molecule has 4 aromatic rings. The fourth-order valence-electron chi connectivity index (χ4n) is 3.20. The van der Waals surface area contributed by atoms with Crippen LogP contribution >= 0.6 is 0 Å². The third kappa shape index (κ3) is 4.96. The van der Waals surface area contributed by atoms with Gasteiger partial charge in [0.2, 0.25) is 16.0 Å². The Hall–Kier alpha value is -3.69. The van der Waals surface area contributed by atoms with Crippen LogP contribution in [0.1, 0.15) is 5.56 Å². The molecule has 0 radical (unpaired) electrons. The topological polar surface area (TPSA) is 105 Å². The molecule has 0 saturated carbocycles. The van der Waals surface area contributed by atoms with Crippen molar-refractivity contribution in [2.75, 3.05) is 24.8 Å². The lowest BCUT2D eigenvalue weighted by Gasteiger charge is -2.14. The number of rotatable bonds is 8. The van der Waals surface area contributed by atoms with Crippen molar-refractivity contribution in [3.63, 3.8) is 0 Å². The first-order valence-corrected chi connectivity index (χ1v) is 11.6. The third-order valence-corrected chi connectivity index (χ3v) is 6.16. The highest BCUT2D eigenvalue weighted by atomic mass is 32.2. The lowest BCUT2D eigenvalue weighted by molar-refractivity contribution is 0.419. The minimum Gasteiger partial charge on any atom is -0.494 e. The Balaban J connectivity index is 1.68. The Morgan fingerprint density at radius 2 is 1.56 bits per heavy atom. The predicted octanol–water partition coefficient (Wildman–Crippen LogP) is 4.17. The molecule has 4 rings (SSSR count). The zero-order chi connectivity index (χ0) is 22.6. The summed E-state index contributed by atoms with van der Waals surface area (Å²) in [6, 6.07) is 22.5. The highest BCUT2D eigenvalue weighted by Gasteiger charge is 2.13. The second-order valence-corrected chi connectivity index (χ2v) is 8.95. The molecule has 0 aliphatic carbocycles. The van der Waals surface area contributed by atoms with E-state index in [-0.39, 0.29) is 5.75 Å². The van der Waals surface area contributed by atoms with Gasteiger partial charge in [0.1, 0.15) is 17.1 Å². The highest BCUT2D eigenvalue weighted by Crippen LogP contribution is 2.31. The zero-order valence-corrected chi connectivity index (χ0v) is 18.5. The lowest BCUT2D eigenvalue weighted by atomic mass is 10.2. The van der Waals surface area contributed by atoms with E-state index >= 15 is 0 Å². The van der Waals surface area contributed by atoms with E-state index in [0.29, 0.717) is 28.6 Å². The molecule has 8 nitrogen and oxygen atoms in total. The molecule has 0 spiro atoms. The largest absolute Gasteiger partial charge is 0.494 e. The summed E-state index contributed by atoms with van der Waals surface area (Å²) in [6.45, 7) is 0. The number of ether oxygens (including phenoxy) is 1. The van der Waals surface area contributed by atoms with Gasteiger partial charge in [-0.1, -0.05) is 36.4 Å². The van der Waals surface area contributed by atoms with Gasteiger partial charge in [0.15, 0.2) is 0 Å². The van der Waals surface area contributed by atoms with E-state index < -0.39 is 10.0 Å². The summed E-state index contributed by atoms with van der Waals surface area (Å²) < 4.78 is 31.3. The normalized spacial score (nSPS) is 11.3. The van der Waals surface area contributed by atoms with Crippen molar-refractivity contribution in [1.82, 2.24) is 14.7 Å². The Labute approximate surface area is 186 Å². The number of aromatic nitrogens is 2. The summed E-state index contributed by atoms with van der Waals surface area (Å²) >= 11 is 0. The van der Waals surface area contributed by atoms with Gasteiger partial charge in [-0.15, -0.1) is 0 Å². The summed E-state index contributed by atoms with van der Waals surface area (Å²) in [5.41, 5.74) is 2.98. The third-order valence-electron chi connectivity index (χ3n) is 4.82. The quantitative estimate of drug-likeness (QED) is 0.371. The first-order chi connectivity index (χ1) is 15.5. The van der Waals surface area contributed by atoms with Gasteiger partial charge in [0.05, 0.1) is 12.9 Å². The molecule has 0 bridgehead atoms. The standard InChI is InChI=1S/C23H23N5O3S/c1-24-32(29,30)15-16-11-13-18(14-12-16)26-23-27-21-19(9-6-10-20(21)31-2)22(28-23)25-17-7-4-3-5-8-17/h3-14,24H,15H2,1-2H3,(H2,25,26,27,28). The molecule has 1 aromatic heterocycles. The Bertz CT molecular complexity index is 1330. The molecule has 9 heteroatoms. The van der Waals surface area contributed by atoms with Crippen LogP contribution in [0.5, 0.6) is 5.75 Å². The molecule has 0 aliphatic heterocycles. The maximum Gasteiger partial charge on any atom is 0.229 e. The fraction of sp³-hybridized carbons (Fsp3) is 0.130. The van der Waals surface area contributed by atoms with Crippen LogP contribution in [-0.2, 0) is 15.8 Å². The number of hydrogen-bond donors (Lipinski definition) is 3. The SMILES string of the molecule is CNS(=O)(=O)Cc1ccc(Nc2nc(Nc3ccccc3)c3cccc(OC)c3n2)cc1. The van der Waals surface area contributed by atoms with Crippen LogP contribution < -0.4 is 20.1 Å². The maximum absolute atomic E-state index is 11.8. The van der Waals surface area contributed by atoms with Crippen molar-refractivity contribution in [1.29, 1.82) is 0 Å². The van der Waals surface area contributed by atoms with Gasteiger partial charge in [-0.05, 0) is 49.0 Å². The van der Waals surface area contributed by atoms with Crippen LogP contribution in [-0.4, -0.2) is 32.5 Å². The summed E-state index contributed by atoms with van der Waals surface area (Å²) in [5, 5.41) is 7.37. The number of nitrogens with one attached hydrogen (secondary N) is 3. The number of benzene rings is 3. The zero-order valence-electron chi connectivity index (χ0n) is 17.7. The number of fused-ring (bicyclic) bond motifs is 1. The van der Waals surface area contributed by atoms with Crippen LogP contribution in [0.15, 0.2) is 72.8 Å². The van der Waals surface area contributed by atoms with Crippen LogP contribution in [0.3, 0.4) is 0 Å². The monoisotopic (exact) mass is 449 g/mol. The number of nitrogens with zero attached hydrogens (tertiary/aromatic N) is 2. The van der Waals surface area contributed by atoms with E-state index in [0.717, 1.165) is 16.8 Å². The Kier molecular flexibility index (Phi) is 6.20. The minimum absolute atomic E-state index is 0.0847. The van der Waals surface area contributed by atoms with E-state index in [1.807, 2.05) is 48.5 Å². The molecule has 3 N–H and O–H groups in total. The van der Waals surface area contributed by atoms with Gasteiger partial charge < -0.3 is 15.4 Å². The lowest BCUT2D eigenvalue weighted by Crippen LogP contribution is -2.20. The van der Waals surface area contributed by atoms with E-state index in [4.69, 9.17) is 4.74 Å². The van der Waals surface area contributed by atoms with Crippen molar-refractivity contribution in [2.45, 2.75) is 5.75 Å². The number of para-hydroxylation sites is 2. The van der Waals surface area contributed by atoms with E-state index in [1.54, 1.807) is 31.4 Å². The molecule has 0 amide bonds. The number of sulfonamides is 1. The maximum atomic E-state index is 11.8. The van der Waals surface area contributed by atoms with Gasteiger partial charge in [-0.25, -0.2) is 18.1 Å². The van der Waals surface area contributed by atoms with Crippen molar-refractivity contribution in [2.24, 2.45) is 0 Å². The van der Waals surface area contributed by atoms with E-state index in [9.17, 15) is 8.42 Å². The van der Waals surface area contributed by atoms with E-state index in [2.05, 4.69) is 25.3 Å². The molecule has 32 heavy (non-hydrogen) atoms. The van der Waals surface area contributed by atoms with Crippen LogP contribution in [0.4, 0.5) is 23.1 Å². The summed E-state index contributed by atoms with van der Waals surface area (Å²) in [6.07, 6.45) is 0. The number of hydrogen-bond acceptors (Lipinski definition) is 7. The van der Waals surface area contributed by atoms with Crippen molar-refractivity contribution in [3.05, 3.63) is 78.4 Å². The smallest absolute Gasteiger partial charge is 0.229 e. The average Bonchev–Trinajstić information content (AvgIpc) is 2.80. The average molecular weight is 450 g/mol. The van der Waals surface area contributed by atoms with Crippen molar-refractivity contribution < 1.29 is 13.2 Å².